The van der Waals surface area contributed by atoms with Crippen molar-refractivity contribution in [3.8, 4) is 16.9 Å². The summed E-state index contributed by atoms with van der Waals surface area (Å²) in [7, 11) is 0. The Hall–Kier alpha value is -4.46. The fourth-order valence-corrected chi connectivity index (χ4v) is 8.48. The monoisotopic (exact) mass is 704 g/mol. The summed E-state index contributed by atoms with van der Waals surface area (Å²) in [5.41, 5.74) is 4.33. The van der Waals surface area contributed by atoms with Gasteiger partial charge in [0.1, 0.15) is 11.3 Å². The molecule has 51 heavy (non-hydrogen) atoms. The average molecular weight is 705 g/mol. The van der Waals surface area contributed by atoms with Crippen molar-refractivity contribution < 1.29 is 27.1 Å². The van der Waals surface area contributed by atoms with Crippen LogP contribution < -0.4 is 14.5 Å². The number of nitrogens with one attached hydrogen (secondary N) is 1. The second-order valence-electron chi connectivity index (χ2n) is 15.2. The first-order chi connectivity index (χ1) is 24.5. The van der Waals surface area contributed by atoms with Crippen LogP contribution in [0.25, 0.3) is 32.9 Å². The Morgan fingerprint density at radius 1 is 1.04 bits per heavy atom. The molecule has 9 rings (SSSR count). The van der Waals surface area contributed by atoms with E-state index < -0.39 is 24.5 Å². The maximum atomic E-state index is 14.0. The van der Waals surface area contributed by atoms with Gasteiger partial charge in [-0.15, -0.1) is 0 Å². The van der Waals surface area contributed by atoms with Crippen molar-refractivity contribution in [1.29, 1.82) is 0 Å². The topological polar surface area (TPSA) is 93.7 Å². The number of carbonyl (C=O) groups is 1. The van der Waals surface area contributed by atoms with Crippen molar-refractivity contribution in [2.24, 2.45) is 5.41 Å². The molecule has 2 aromatic heterocycles. The largest absolute Gasteiger partial charge is 0.481 e. The Kier molecular flexibility index (Phi) is 7.50. The maximum absolute atomic E-state index is 14.0. The third kappa shape index (κ3) is 5.66. The standard InChI is InChI=1S/C37H40F4N8O2/c1-21-4-7-28-27(15-42-45-28)29(21)30-25(23-5-6-23)14-26-31(32(30)51-20-37(39,40)41)43-35(48-16-24(17-48)46-10-3-11-46)44-33(26)47-12-8-36(9-13-47)18-49(19-36)34(50)22(2)38/h4,7,14-15,23-24H,2-3,5-6,8-13,16-20H2,1H3,(H,42,45). The zero-order chi connectivity index (χ0) is 35.2. The molecule has 1 aliphatic carbocycles. The first kappa shape index (κ1) is 32.4. The second kappa shape index (κ2) is 11.8. The molecule has 1 spiro atoms. The summed E-state index contributed by atoms with van der Waals surface area (Å²) in [5, 5.41) is 8.78. The Labute approximate surface area is 292 Å². The zero-order valence-corrected chi connectivity index (χ0v) is 28.5. The number of alkyl halides is 3. The highest BCUT2D eigenvalue weighted by Crippen LogP contribution is 2.53. The number of likely N-dealkylation sites (tertiary alicyclic amines) is 2. The quantitative estimate of drug-likeness (QED) is 0.174. The summed E-state index contributed by atoms with van der Waals surface area (Å²) >= 11 is 0. The van der Waals surface area contributed by atoms with Crippen LogP contribution in [0.5, 0.6) is 5.75 Å². The molecule has 0 bridgehead atoms. The molecule has 1 saturated carbocycles. The zero-order valence-electron chi connectivity index (χ0n) is 28.5. The molecule has 14 heteroatoms. The minimum atomic E-state index is -4.57. The molecule has 6 heterocycles. The molecule has 2 aromatic carbocycles. The highest BCUT2D eigenvalue weighted by Gasteiger charge is 2.48. The van der Waals surface area contributed by atoms with Crippen LogP contribution in [0.2, 0.25) is 0 Å². The number of halogens is 4. The molecule has 5 fully saturated rings. The number of benzene rings is 2. The third-order valence-corrected chi connectivity index (χ3v) is 11.7. The lowest BCUT2D eigenvalue weighted by Gasteiger charge is -2.54. The van der Waals surface area contributed by atoms with Gasteiger partial charge in [0.15, 0.2) is 18.2 Å². The lowest BCUT2D eigenvalue weighted by Crippen LogP contribution is -2.63. The predicted octanol–water partition coefficient (Wildman–Crippen LogP) is 6.11. The number of H-pyrrole nitrogens is 1. The van der Waals surface area contributed by atoms with Gasteiger partial charge in [-0.3, -0.25) is 14.8 Å². The first-order valence-electron chi connectivity index (χ1n) is 17.9. The van der Waals surface area contributed by atoms with Crippen LogP contribution in [0, 0.1) is 12.3 Å². The molecule has 10 nitrogen and oxygen atoms in total. The van der Waals surface area contributed by atoms with Crippen LogP contribution in [0.4, 0.5) is 29.3 Å². The number of hydrogen-bond acceptors (Lipinski definition) is 8. The number of piperidine rings is 1. The smallest absolute Gasteiger partial charge is 0.422 e. The molecule has 0 atom stereocenters. The van der Waals surface area contributed by atoms with Gasteiger partial charge in [0.05, 0.1) is 11.7 Å². The van der Waals surface area contributed by atoms with Gasteiger partial charge in [0.2, 0.25) is 5.95 Å². The third-order valence-electron chi connectivity index (χ3n) is 11.7. The Balaban J connectivity index is 1.18. The summed E-state index contributed by atoms with van der Waals surface area (Å²) in [4.78, 5) is 30.7. The number of carbonyl (C=O) groups excluding carboxylic acids is 1. The number of amides is 1. The van der Waals surface area contributed by atoms with Gasteiger partial charge in [-0.1, -0.05) is 12.6 Å². The van der Waals surface area contributed by atoms with Crippen molar-refractivity contribution in [3.63, 3.8) is 0 Å². The number of ether oxygens (including phenoxy) is 1. The normalized spacial score (nSPS) is 20.8. The molecule has 4 aromatic rings. The minimum Gasteiger partial charge on any atom is -0.481 e. The highest BCUT2D eigenvalue weighted by molar-refractivity contribution is 6.06. The minimum absolute atomic E-state index is 0.108. The van der Waals surface area contributed by atoms with Gasteiger partial charge in [-0.05, 0) is 86.9 Å². The van der Waals surface area contributed by atoms with Gasteiger partial charge < -0.3 is 19.4 Å². The molecule has 4 aliphatic heterocycles. The van der Waals surface area contributed by atoms with E-state index in [1.807, 2.05) is 19.1 Å². The van der Waals surface area contributed by atoms with Crippen molar-refractivity contribution >= 4 is 39.5 Å². The summed E-state index contributed by atoms with van der Waals surface area (Å²) in [6.45, 7) is 9.54. The number of aryl methyl sites for hydroxylation is 1. The van der Waals surface area contributed by atoms with Crippen molar-refractivity contribution in [2.75, 3.05) is 68.8 Å². The number of hydrogen-bond donors (Lipinski definition) is 1. The summed E-state index contributed by atoms with van der Waals surface area (Å²) in [6, 6.07) is 6.39. The number of nitrogens with zero attached hydrogens (tertiary/aromatic N) is 7. The van der Waals surface area contributed by atoms with Gasteiger partial charge in [0.25, 0.3) is 5.91 Å². The Bertz CT molecular complexity index is 2050. The highest BCUT2D eigenvalue weighted by atomic mass is 19.4. The molecule has 268 valence electrons. The van der Waals surface area contributed by atoms with Crippen molar-refractivity contribution in [3.05, 3.63) is 47.9 Å². The van der Waals surface area contributed by atoms with Crippen LogP contribution in [0.15, 0.2) is 36.8 Å². The van der Waals surface area contributed by atoms with E-state index in [2.05, 4.69) is 37.5 Å². The molecular formula is C37H40F4N8O2. The SMILES string of the molecule is C=C(F)C(=O)N1CC2(CCN(c3nc(N4CC(N5CCC5)C4)nc4c(OCC(F)(F)F)c(-c5c(C)ccc6[nH]ncc56)c(C5CC5)cc34)CC2)C1. The number of aromatic amines is 1. The lowest BCUT2D eigenvalue weighted by atomic mass is 9.72. The van der Waals surface area contributed by atoms with Crippen molar-refractivity contribution in [1.82, 2.24) is 30.0 Å². The Morgan fingerprint density at radius 3 is 2.43 bits per heavy atom. The van der Waals surface area contributed by atoms with Gasteiger partial charge in [-0.2, -0.15) is 23.3 Å². The fourth-order valence-electron chi connectivity index (χ4n) is 8.48. The maximum Gasteiger partial charge on any atom is 0.422 e. The first-order valence-corrected chi connectivity index (χ1v) is 17.9. The predicted molar refractivity (Wildman–Crippen MR) is 186 cm³/mol. The van der Waals surface area contributed by atoms with E-state index in [1.165, 1.54) is 11.3 Å². The molecule has 0 unspecified atom stereocenters. The van der Waals surface area contributed by atoms with Gasteiger partial charge in [0, 0.05) is 67.1 Å². The molecule has 1 N–H and O–H groups in total. The van der Waals surface area contributed by atoms with E-state index in [0.29, 0.717) is 60.5 Å². The van der Waals surface area contributed by atoms with Crippen LogP contribution >= 0.6 is 0 Å². The van der Waals surface area contributed by atoms with E-state index in [1.54, 1.807) is 6.20 Å². The molecule has 1 amide bonds. The van der Waals surface area contributed by atoms with Crippen molar-refractivity contribution in [2.45, 2.75) is 57.2 Å². The molecule has 0 radical (unpaired) electrons. The van der Waals surface area contributed by atoms with E-state index in [9.17, 15) is 22.4 Å². The van der Waals surface area contributed by atoms with E-state index in [4.69, 9.17) is 14.7 Å². The molecule has 5 aliphatic rings. The molecule has 4 saturated heterocycles. The summed E-state index contributed by atoms with van der Waals surface area (Å²) in [6.07, 6.45) is 1.72. The van der Waals surface area contributed by atoms with Crippen LogP contribution in [-0.4, -0.2) is 107 Å². The second-order valence-corrected chi connectivity index (χ2v) is 15.2. The fraction of sp³-hybridized carbons (Fsp3) is 0.514. The van der Waals surface area contributed by atoms with E-state index in [0.717, 1.165) is 79.5 Å². The van der Waals surface area contributed by atoms with Crippen LogP contribution in [0.1, 0.15) is 49.1 Å². The number of rotatable bonds is 8. The molecular weight excluding hydrogens is 664 g/mol. The number of aromatic nitrogens is 4. The summed E-state index contributed by atoms with van der Waals surface area (Å²) in [5.74, 6) is -0.147. The summed E-state index contributed by atoms with van der Waals surface area (Å²) < 4.78 is 61.5. The van der Waals surface area contributed by atoms with Crippen LogP contribution in [0.3, 0.4) is 0 Å². The Morgan fingerprint density at radius 2 is 1.78 bits per heavy atom. The van der Waals surface area contributed by atoms with Gasteiger partial charge in [-0.25, -0.2) is 9.37 Å². The number of fused-ring (bicyclic) bond motifs is 2. The van der Waals surface area contributed by atoms with E-state index >= 15 is 0 Å². The van der Waals surface area contributed by atoms with Gasteiger partial charge >= 0.3 is 6.18 Å². The number of anilines is 2. The van der Waals surface area contributed by atoms with E-state index in [-0.39, 0.29) is 17.1 Å². The lowest BCUT2D eigenvalue weighted by molar-refractivity contribution is -0.153. The van der Waals surface area contributed by atoms with Crippen LogP contribution in [-0.2, 0) is 4.79 Å². The average Bonchev–Trinajstić information content (AvgIpc) is 3.78.